The average Bonchev–Trinajstić information content (AvgIpc) is 2.41. The quantitative estimate of drug-likeness (QED) is 0.855. The van der Waals surface area contributed by atoms with E-state index in [1.54, 1.807) is 13.2 Å². The Bertz CT molecular complexity index is 592. The van der Waals surface area contributed by atoms with Crippen molar-refractivity contribution in [2.24, 2.45) is 0 Å². The monoisotopic (exact) mass is 343 g/mol. The number of methoxy groups -OCH3 is 1. The minimum absolute atomic E-state index is 0.277. The van der Waals surface area contributed by atoms with E-state index in [1.807, 2.05) is 18.2 Å². The minimum atomic E-state index is -0.277. The molecule has 2 aromatic rings. The molecular formula is C14H12BrClFNO. The Morgan fingerprint density at radius 1 is 1.26 bits per heavy atom. The third-order valence-corrected chi connectivity index (χ3v) is 3.53. The number of nitrogens with one attached hydrogen (secondary N) is 1. The van der Waals surface area contributed by atoms with Crippen LogP contribution in [-0.2, 0) is 6.54 Å². The van der Waals surface area contributed by atoms with Gasteiger partial charge in [0.15, 0.2) is 0 Å². The van der Waals surface area contributed by atoms with Crippen LogP contribution in [0, 0.1) is 5.82 Å². The average molecular weight is 345 g/mol. The Balaban J connectivity index is 2.12. The van der Waals surface area contributed by atoms with Gasteiger partial charge in [-0.1, -0.05) is 11.6 Å². The molecule has 2 nitrogen and oxygen atoms in total. The molecule has 2 aromatic carbocycles. The number of rotatable bonds is 4. The van der Waals surface area contributed by atoms with E-state index in [-0.39, 0.29) is 5.82 Å². The normalized spacial score (nSPS) is 10.3. The minimum Gasteiger partial charge on any atom is -0.495 e. The summed E-state index contributed by atoms with van der Waals surface area (Å²) in [5.74, 6) is 0.442. The second-order valence-corrected chi connectivity index (χ2v) is 5.23. The Kier molecular flexibility index (Phi) is 4.66. The molecule has 0 spiro atoms. The highest BCUT2D eigenvalue weighted by Gasteiger charge is 2.05. The van der Waals surface area contributed by atoms with Crippen LogP contribution in [0.1, 0.15) is 5.56 Å². The predicted molar refractivity (Wildman–Crippen MR) is 79.4 cm³/mol. The molecule has 0 aliphatic heterocycles. The molecule has 19 heavy (non-hydrogen) atoms. The van der Waals surface area contributed by atoms with Gasteiger partial charge in [0.2, 0.25) is 0 Å². The van der Waals surface area contributed by atoms with Crippen molar-refractivity contribution in [3.8, 4) is 5.75 Å². The van der Waals surface area contributed by atoms with E-state index in [9.17, 15) is 4.39 Å². The number of benzene rings is 2. The molecule has 100 valence electrons. The molecule has 0 aliphatic rings. The summed E-state index contributed by atoms with van der Waals surface area (Å²) in [6.07, 6.45) is 0. The fourth-order valence-corrected chi connectivity index (χ4v) is 2.25. The van der Waals surface area contributed by atoms with Gasteiger partial charge in [0, 0.05) is 28.9 Å². The maximum absolute atomic E-state index is 13.6. The molecule has 5 heteroatoms. The maximum atomic E-state index is 13.6. The first-order valence-electron chi connectivity index (χ1n) is 5.61. The van der Waals surface area contributed by atoms with Gasteiger partial charge >= 0.3 is 0 Å². The summed E-state index contributed by atoms with van der Waals surface area (Å²) >= 11 is 9.22. The van der Waals surface area contributed by atoms with Gasteiger partial charge in [-0.25, -0.2) is 4.39 Å². The predicted octanol–water partition coefficient (Wildman–Crippen LogP) is 4.86. The van der Waals surface area contributed by atoms with E-state index in [4.69, 9.17) is 16.3 Å². The third kappa shape index (κ3) is 3.61. The summed E-state index contributed by atoms with van der Waals surface area (Å²) < 4.78 is 19.6. The largest absolute Gasteiger partial charge is 0.495 e. The molecule has 0 heterocycles. The summed E-state index contributed by atoms with van der Waals surface area (Å²) in [4.78, 5) is 0. The highest BCUT2D eigenvalue weighted by molar-refractivity contribution is 9.10. The Labute approximate surface area is 124 Å². The number of hydrogen-bond donors (Lipinski definition) is 1. The zero-order chi connectivity index (χ0) is 13.8. The zero-order valence-electron chi connectivity index (χ0n) is 10.2. The first-order chi connectivity index (χ1) is 9.10. The topological polar surface area (TPSA) is 21.3 Å². The van der Waals surface area contributed by atoms with Crippen molar-refractivity contribution in [1.82, 2.24) is 0 Å². The fraction of sp³-hybridized carbons (Fsp3) is 0.143. The van der Waals surface area contributed by atoms with Crippen LogP contribution in [0.4, 0.5) is 10.1 Å². The van der Waals surface area contributed by atoms with Crippen LogP contribution in [0.25, 0.3) is 0 Å². The fourth-order valence-electron chi connectivity index (χ4n) is 1.65. The summed E-state index contributed by atoms with van der Waals surface area (Å²) in [6.45, 7) is 0.358. The van der Waals surface area contributed by atoms with E-state index >= 15 is 0 Å². The lowest BCUT2D eigenvalue weighted by molar-refractivity contribution is 0.412. The maximum Gasteiger partial charge on any atom is 0.135 e. The molecule has 0 saturated heterocycles. The standard InChI is InChI=1S/C14H12BrClFNO/c1-19-14-7-11(3-4-12(14)15)18-8-9-6-10(16)2-5-13(9)17/h2-7,18H,8H2,1H3. The molecule has 0 radical (unpaired) electrons. The lowest BCUT2D eigenvalue weighted by Crippen LogP contribution is -2.02. The molecule has 0 aromatic heterocycles. The summed E-state index contributed by atoms with van der Waals surface area (Å²) in [6, 6.07) is 10.1. The molecule has 0 amide bonds. The Hall–Kier alpha value is -1.26. The van der Waals surface area contributed by atoms with Crippen molar-refractivity contribution in [1.29, 1.82) is 0 Å². The molecule has 0 unspecified atom stereocenters. The van der Waals surface area contributed by atoms with Crippen LogP contribution in [0.2, 0.25) is 5.02 Å². The van der Waals surface area contributed by atoms with Gasteiger partial charge in [-0.05, 0) is 46.3 Å². The zero-order valence-corrected chi connectivity index (χ0v) is 12.6. The van der Waals surface area contributed by atoms with Crippen molar-refractivity contribution in [3.63, 3.8) is 0 Å². The highest BCUT2D eigenvalue weighted by Crippen LogP contribution is 2.28. The number of halogens is 3. The second-order valence-electron chi connectivity index (χ2n) is 3.94. The number of anilines is 1. The molecule has 1 N–H and O–H groups in total. The Morgan fingerprint density at radius 3 is 2.79 bits per heavy atom. The van der Waals surface area contributed by atoms with E-state index < -0.39 is 0 Å². The summed E-state index contributed by atoms with van der Waals surface area (Å²) in [7, 11) is 1.60. The molecule has 0 atom stereocenters. The van der Waals surface area contributed by atoms with Crippen LogP contribution in [0.15, 0.2) is 40.9 Å². The van der Waals surface area contributed by atoms with Gasteiger partial charge in [-0.2, -0.15) is 0 Å². The van der Waals surface area contributed by atoms with Crippen LogP contribution in [0.3, 0.4) is 0 Å². The van der Waals surface area contributed by atoms with Crippen LogP contribution in [-0.4, -0.2) is 7.11 Å². The van der Waals surface area contributed by atoms with Gasteiger partial charge in [0.25, 0.3) is 0 Å². The molecule has 2 rings (SSSR count). The summed E-state index contributed by atoms with van der Waals surface area (Å²) in [5.41, 5.74) is 1.37. The smallest absolute Gasteiger partial charge is 0.135 e. The van der Waals surface area contributed by atoms with E-state index in [0.29, 0.717) is 17.1 Å². The van der Waals surface area contributed by atoms with Gasteiger partial charge in [0.05, 0.1) is 11.6 Å². The van der Waals surface area contributed by atoms with Gasteiger partial charge in [-0.3, -0.25) is 0 Å². The van der Waals surface area contributed by atoms with Gasteiger partial charge < -0.3 is 10.1 Å². The highest BCUT2D eigenvalue weighted by atomic mass is 79.9. The van der Waals surface area contributed by atoms with E-state index in [1.165, 1.54) is 12.1 Å². The molecule has 0 saturated carbocycles. The molecular weight excluding hydrogens is 333 g/mol. The first-order valence-corrected chi connectivity index (χ1v) is 6.78. The van der Waals surface area contributed by atoms with Crippen LogP contribution in [0.5, 0.6) is 5.75 Å². The number of hydrogen-bond acceptors (Lipinski definition) is 2. The van der Waals surface area contributed by atoms with E-state index in [2.05, 4.69) is 21.2 Å². The van der Waals surface area contributed by atoms with Gasteiger partial charge in [-0.15, -0.1) is 0 Å². The second kappa shape index (κ2) is 6.26. The summed E-state index contributed by atoms with van der Waals surface area (Å²) in [5, 5.41) is 3.65. The Morgan fingerprint density at radius 2 is 2.05 bits per heavy atom. The third-order valence-electron chi connectivity index (χ3n) is 2.64. The van der Waals surface area contributed by atoms with E-state index in [0.717, 1.165) is 15.9 Å². The molecule has 0 fully saturated rings. The van der Waals surface area contributed by atoms with Crippen molar-refractivity contribution < 1.29 is 9.13 Å². The van der Waals surface area contributed by atoms with Crippen molar-refractivity contribution in [2.75, 3.05) is 12.4 Å². The number of ether oxygens (including phenoxy) is 1. The first kappa shape index (κ1) is 14.2. The van der Waals surface area contributed by atoms with Crippen molar-refractivity contribution >= 4 is 33.2 Å². The van der Waals surface area contributed by atoms with Crippen LogP contribution < -0.4 is 10.1 Å². The molecule has 0 aliphatic carbocycles. The lowest BCUT2D eigenvalue weighted by atomic mass is 10.2. The van der Waals surface area contributed by atoms with Gasteiger partial charge in [0.1, 0.15) is 11.6 Å². The van der Waals surface area contributed by atoms with Crippen molar-refractivity contribution in [2.45, 2.75) is 6.54 Å². The SMILES string of the molecule is COc1cc(NCc2cc(Cl)ccc2F)ccc1Br. The lowest BCUT2D eigenvalue weighted by Gasteiger charge is -2.10. The van der Waals surface area contributed by atoms with Crippen LogP contribution >= 0.6 is 27.5 Å². The van der Waals surface area contributed by atoms with Crippen molar-refractivity contribution in [3.05, 3.63) is 57.3 Å². The molecule has 0 bridgehead atoms.